The summed E-state index contributed by atoms with van der Waals surface area (Å²) in [6.07, 6.45) is 5.51. The highest BCUT2D eigenvalue weighted by Crippen LogP contribution is 2.30. The van der Waals surface area contributed by atoms with E-state index in [1.54, 1.807) is 18.2 Å². The fourth-order valence-corrected chi connectivity index (χ4v) is 1.89. The number of carbonyl (C=O) groups excluding carboxylic acids is 1. The van der Waals surface area contributed by atoms with Crippen molar-refractivity contribution in [1.29, 1.82) is 0 Å². The zero-order chi connectivity index (χ0) is 17.6. The van der Waals surface area contributed by atoms with Gasteiger partial charge in [-0.1, -0.05) is 0 Å². The van der Waals surface area contributed by atoms with Crippen LogP contribution in [-0.4, -0.2) is 25.8 Å². The van der Waals surface area contributed by atoms with E-state index in [-0.39, 0.29) is 17.4 Å². The van der Waals surface area contributed by atoms with Gasteiger partial charge in [-0.25, -0.2) is 9.97 Å². The Balaban J connectivity index is 1.82. The monoisotopic (exact) mass is 341 g/mol. The van der Waals surface area contributed by atoms with E-state index in [4.69, 9.17) is 4.42 Å². The van der Waals surface area contributed by atoms with Gasteiger partial charge in [0.2, 0.25) is 11.6 Å². The molecule has 0 aliphatic rings. The molecule has 0 radical (unpaired) electrons. The summed E-state index contributed by atoms with van der Waals surface area (Å²) >= 11 is 0. The highest BCUT2D eigenvalue weighted by molar-refractivity contribution is 5.92. The van der Waals surface area contributed by atoms with Crippen molar-refractivity contribution < 1.29 is 14.1 Å². The fourth-order valence-electron chi connectivity index (χ4n) is 1.89. The molecule has 25 heavy (non-hydrogen) atoms. The van der Waals surface area contributed by atoms with E-state index in [9.17, 15) is 14.9 Å². The highest BCUT2D eigenvalue weighted by Gasteiger charge is 2.24. The minimum atomic E-state index is -0.662. The van der Waals surface area contributed by atoms with Crippen LogP contribution >= 0.6 is 0 Å². The zero-order valence-corrected chi connectivity index (χ0v) is 12.5. The second-order valence-electron chi connectivity index (χ2n) is 4.59. The topological polar surface area (TPSA) is 148 Å². The molecule has 0 bridgehead atoms. The molecule has 3 N–H and O–H groups in total. The van der Waals surface area contributed by atoms with Gasteiger partial charge in [0.05, 0.1) is 11.2 Å². The second-order valence-corrected chi connectivity index (χ2v) is 4.59. The quantitative estimate of drug-likeness (QED) is 0.451. The third-order valence-electron chi connectivity index (χ3n) is 2.99. The maximum absolute atomic E-state index is 11.8. The number of aromatic nitrogens is 3. The summed E-state index contributed by atoms with van der Waals surface area (Å²) < 4.78 is 4.93. The molecular formula is C14H11N7O4. The van der Waals surface area contributed by atoms with Gasteiger partial charge in [0.15, 0.2) is 5.76 Å². The molecule has 3 rings (SSSR count). The first-order valence-corrected chi connectivity index (χ1v) is 6.91. The fraction of sp³-hybridized carbons (Fsp3) is 0. The minimum Gasteiger partial charge on any atom is -0.459 e. The van der Waals surface area contributed by atoms with Gasteiger partial charge in [0.1, 0.15) is 6.33 Å². The normalized spacial score (nSPS) is 10.1. The lowest BCUT2D eigenvalue weighted by Gasteiger charge is -2.10. The number of hydrogen-bond acceptors (Lipinski definition) is 9. The van der Waals surface area contributed by atoms with E-state index in [0.717, 1.165) is 6.33 Å². The molecule has 3 heterocycles. The Morgan fingerprint density at radius 2 is 1.92 bits per heavy atom. The van der Waals surface area contributed by atoms with Crippen LogP contribution in [0.25, 0.3) is 0 Å². The predicted octanol–water partition coefficient (Wildman–Crippen LogP) is 1.87. The van der Waals surface area contributed by atoms with Crippen LogP contribution in [0, 0.1) is 10.1 Å². The van der Waals surface area contributed by atoms with Crippen molar-refractivity contribution >= 4 is 28.9 Å². The van der Waals surface area contributed by atoms with Crippen LogP contribution in [0.3, 0.4) is 0 Å². The van der Waals surface area contributed by atoms with Crippen molar-refractivity contribution in [2.24, 2.45) is 0 Å². The maximum atomic E-state index is 11.8. The lowest BCUT2D eigenvalue weighted by atomic mass is 10.3. The maximum Gasteiger partial charge on any atom is 0.355 e. The number of amides is 1. The third kappa shape index (κ3) is 3.67. The van der Waals surface area contributed by atoms with Gasteiger partial charge in [-0.15, -0.1) is 0 Å². The standard InChI is InChI=1S/C14H11N7O4/c22-14(10-2-1-7-25-10)20-19-13-11(21(23)24)12(16-8-17-13)18-9-3-5-15-6-4-9/h1-8H,(H,20,22)(H2,15,16,17,18,19). The van der Waals surface area contributed by atoms with Crippen LogP contribution in [0.15, 0.2) is 53.7 Å². The Hall–Kier alpha value is -4.02. The van der Waals surface area contributed by atoms with E-state index in [2.05, 4.69) is 31.1 Å². The minimum absolute atomic E-state index is 0.0408. The van der Waals surface area contributed by atoms with Crippen LogP contribution < -0.4 is 16.2 Å². The lowest BCUT2D eigenvalue weighted by Crippen LogP contribution is -2.30. The summed E-state index contributed by atoms with van der Waals surface area (Å²) in [4.78, 5) is 34.1. The predicted molar refractivity (Wildman–Crippen MR) is 86.0 cm³/mol. The van der Waals surface area contributed by atoms with Gasteiger partial charge >= 0.3 is 11.6 Å². The summed E-state index contributed by atoms with van der Waals surface area (Å²) in [5, 5.41) is 14.2. The van der Waals surface area contributed by atoms with E-state index >= 15 is 0 Å². The Bertz CT molecular complexity index is 883. The van der Waals surface area contributed by atoms with Gasteiger partial charge in [0.25, 0.3) is 0 Å². The Kier molecular flexibility index (Phi) is 4.46. The van der Waals surface area contributed by atoms with Crippen molar-refractivity contribution in [2.75, 3.05) is 10.7 Å². The number of nitrogens with zero attached hydrogens (tertiary/aromatic N) is 4. The van der Waals surface area contributed by atoms with Crippen molar-refractivity contribution in [3.63, 3.8) is 0 Å². The van der Waals surface area contributed by atoms with Gasteiger partial charge in [-0.3, -0.25) is 30.7 Å². The number of hydrazine groups is 1. The van der Waals surface area contributed by atoms with E-state index < -0.39 is 16.5 Å². The van der Waals surface area contributed by atoms with Gasteiger partial charge < -0.3 is 9.73 Å². The molecule has 0 aliphatic heterocycles. The summed E-state index contributed by atoms with van der Waals surface area (Å²) in [7, 11) is 0. The van der Waals surface area contributed by atoms with Crippen LogP contribution in [0.1, 0.15) is 10.6 Å². The number of furan rings is 1. The Morgan fingerprint density at radius 1 is 1.16 bits per heavy atom. The molecular weight excluding hydrogens is 330 g/mol. The molecule has 11 heteroatoms. The third-order valence-corrected chi connectivity index (χ3v) is 2.99. The molecule has 0 unspecified atom stereocenters. The Morgan fingerprint density at radius 3 is 2.60 bits per heavy atom. The van der Waals surface area contributed by atoms with E-state index in [1.165, 1.54) is 24.7 Å². The number of hydrogen-bond donors (Lipinski definition) is 3. The van der Waals surface area contributed by atoms with Crippen LogP contribution in [0.2, 0.25) is 0 Å². The first-order chi connectivity index (χ1) is 12.1. The molecule has 3 aromatic heterocycles. The number of anilines is 3. The zero-order valence-electron chi connectivity index (χ0n) is 12.5. The molecule has 1 amide bonds. The van der Waals surface area contributed by atoms with Crippen molar-refractivity contribution in [3.05, 3.63) is 65.1 Å². The molecule has 0 spiro atoms. The average molecular weight is 341 g/mol. The number of carbonyl (C=O) groups is 1. The lowest BCUT2D eigenvalue weighted by molar-refractivity contribution is -0.383. The van der Waals surface area contributed by atoms with E-state index in [1.807, 2.05) is 0 Å². The van der Waals surface area contributed by atoms with Crippen molar-refractivity contribution in [1.82, 2.24) is 20.4 Å². The molecule has 11 nitrogen and oxygen atoms in total. The molecule has 0 saturated carbocycles. The number of pyridine rings is 1. The average Bonchev–Trinajstić information content (AvgIpc) is 3.15. The molecule has 3 aromatic rings. The summed E-state index contributed by atoms with van der Waals surface area (Å²) in [5.74, 6) is -0.793. The first kappa shape index (κ1) is 15.9. The number of nitro groups is 1. The highest BCUT2D eigenvalue weighted by atomic mass is 16.6. The molecule has 0 aliphatic carbocycles. The molecule has 126 valence electrons. The summed E-state index contributed by atoms with van der Waals surface area (Å²) in [6.45, 7) is 0. The largest absolute Gasteiger partial charge is 0.459 e. The first-order valence-electron chi connectivity index (χ1n) is 6.91. The second kappa shape index (κ2) is 7.04. The van der Waals surface area contributed by atoms with Crippen molar-refractivity contribution in [3.8, 4) is 0 Å². The van der Waals surface area contributed by atoms with Crippen molar-refractivity contribution in [2.45, 2.75) is 0 Å². The SMILES string of the molecule is O=C(NNc1ncnc(Nc2ccncc2)c1[N+](=O)[O-])c1ccco1. The smallest absolute Gasteiger partial charge is 0.355 e. The van der Waals surface area contributed by atoms with Crippen LogP contribution in [0.5, 0.6) is 0 Å². The molecule has 0 atom stereocenters. The van der Waals surface area contributed by atoms with Gasteiger partial charge in [-0.2, -0.15) is 0 Å². The number of rotatable bonds is 6. The van der Waals surface area contributed by atoms with Gasteiger partial charge in [0, 0.05) is 18.1 Å². The summed E-state index contributed by atoms with van der Waals surface area (Å²) in [5.41, 5.74) is 4.80. The van der Waals surface area contributed by atoms with Crippen LogP contribution in [-0.2, 0) is 0 Å². The van der Waals surface area contributed by atoms with E-state index in [0.29, 0.717) is 5.69 Å². The Labute approximate surface area is 140 Å². The van der Waals surface area contributed by atoms with Crippen LogP contribution in [0.4, 0.5) is 23.0 Å². The van der Waals surface area contributed by atoms with Gasteiger partial charge in [-0.05, 0) is 24.3 Å². The summed E-state index contributed by atoms with van der Waals surface area (Å²) in [6, 6.07) is 6.23. The number of nitrogens with one attached hydrogen (secondary N) is 3. The molecule has 0 saturated heterocycles. The molecule has 0 fully saturated rings. The molecule has 0 aromatic carbocycles.